The summed E-state index contributed by atoms with van der Waals surface area (Å²) in [4.78, 5) is 10.4. The van der Waals surface area contributed by atoms with Gasteiger partial charge in [-0.15, -0.1) is 35.4 Å². The first-order valence-corrected chi connectivity index (χ1v) is 18.3. The van der Waals surface area contributed by atoms with Gasteiger partial charge in [-0.05, 0) is 68.8 Å². The first kappa shape index (κ1) is 39.5. The molecule has 0 aliphatic heterocycles. The van der Waals surface area contributed by atoms with E-state index in [1.165, 1.54) is 11.1 Å². The molecule has 5 heteroatoms. The van der Waals surface area contributed by atoms with Crippen LogP contribution in [0.4, 0.5) is 0 Å². The van der Waals surface area contributed by atoms with Crippen molar-refractivity contribution < 1.29 is 26.2 Å². The number of phenolic OH excluding ortho intramolecular Hbond substituents is 1. The number of aromatic nitrogens is 3. The topological polar surface area (TPSA) is 50.9 Å². The molecule has 0 spiro atoms. The van der Waals surface area contributed by atoms with Gasteiger partial charge in [-0.25, -0.2) is 0 Å². The Hall–Kier alpha value is -3.75. The van der Waals surface area contributed by atoms with E-state index in [4.69, 9.17) is 9.97 Å². The summed E-state index contributed by atoms with van der Waals surface area (Å²) in [5.74, 6) is 0.295. The molecule has 0 atom stereocenters. The summed E-state index contributed by atoms with van der Waals surface area (Å²) >= 11 is 0. The molecule has 52 heavy (non-hydrogen) atoms. The second-order valence-corrected chi connectivity index (χ2v) is 19.0. The summed E-state index contributed by atoms with van der Waals surface area (Å²) in [5, 5.41) is 14.4. The van der Waals surface area contributed by atoms with Crippen LogP contribution in [0.2, 0.25) is 0 Å². The number of hydrogen-bond donors (Lipinski definition) is 1. The number of hydrogen-bond acceptors (Lipinski definition) is 3. The molecule has 0 fully saturated rings. The first-order valence-electron chi connectivity index (χ1n) is 18.3. The second-order valence-electron chi connectivity index (χ2n) is 19.0. The molecule has 3 heterocycles. The minimum Gasteiger partial charge on any atom is -0.505 e. The third-order valence-electron chi connectivity index (χ3n) is 10.4. The zero-order valence-electron chi connectivity index (χ0n) is 33.6. The largest absolute Gasteiger partial charge is 0.505 e. The fraction of sp³-hybridized carbons (Fsp3) is 0.404. The maximum atomic E-state index is 12.2. The quantitative estimate of drug-likeness (QED) is 0.180. The molecule has 0 unspecified atom stereocenters. The summed E-state index contributed by atoms with van der Waals surface area (Å²) < 4.78 is 2.20. The van der Waals surface area contributed by atoms with Crippen LogP contribution in [0, 0.1) is 6.07 Å². The van der Waals surface area contributed by atoms with E-state index in [0.29, 0.717) is 5.75 Å². The van der Waals surface area contributed by atoms with Gasteiger partial charge in [-0.3, -0.25) is 14.5 Å². The molecule has 4 nitrogen and oxygen atoms in total. The maximum Gasteiger partial charge on any atom is 0.143 e. The standard InChI is InChI=1S/C47H56N3O.Pt/c1-43(2,3)30-21-22-37-33(25-30)34-28-35(45(7,8)9)40(29-18-17-19-31(24-29)47(13,14)39-20-15-16-23-48-39)49-42(34)50(37)38-27-32(44(4,5)6)26-36(41(38)51)46(10,11)12;/h15-23,25-28,51H,1-14H3;/q-1;. The SMILES string of the molecule is CC(C)(C)c1cc(-n2c3ccc(C(C)(C)C)cc3c3cc(C(C)(C)C)c(-c4[c-]c(C(C)(C)c5ccccn5)ccc4)nc32)c(O)c(C(C)(C)C)c1.[Pt]. The Labute approximate surface area is 326 Å². The van der Waals surface area contributed by atoms with Gasteiger partial charge < -0.3 is 5.11 Å². The monoisotopic (exact) mass is 873 g/mol. The van der Waals surface area contributed by atoms with E-state index in [2.05, 4.69) is 168 Å². The van der Waals surface area contributed by atoms with Crippen LogP contribution in [0.5, 0.6) is 5.75 Å². The Morgan fingerprint density at radius 1 is 0.615 bits per heavy atom. The van der Waals surface area contributed by atoms with E-state index < -0.39 is 0 Å². The summed E-state index contributed by atoms with van der Waals surface area (Å²) in [6.45, 7) is 31.2. The normalized spacial score (nSPS) is 13.1. The number of nitrogens with zero attached hydrogens (tertiary/aromatic N) is 3. The number of phenols is 1. The van der Waals surface area contributed by atoms with Crippen molar-refractivity contribution in [1.29, 1.82) is 0 Å². The van der Waals surface area contributed by atoms with E-state index in [0.717, 1.165) is 61.3 Å². The van der Waals surface area contributed by atoms with E-state index >= 15 is 0 Å². The molecule has 0 bridgehead atoms. The minimum atomic E-state index is -0.357. The average molecular weight is 874 g/mol. The van der Waals surface area contributed by atoms with Crippen molar-refractivity contribution in [3.63, 3.8) is 0 Å². The molecule has 3 aromatic heterocycles. The summed E-state index contributed by atoms with van der Waals surface area (Å²) in [7, 11) is 0. The van der Waals surface area contributed by atoms with Gasteiger partial charge >= 0.3 is 0 Å². The van der Waals surface area contributed by atoms with Crippen molar-refractivity contribution in [2.75, 3.05) is 0 Å². The molecule has 6 rings (SSSR count). The molecule has 0 aliphatic carbocycles. The van der Waals surface area contributed by atoms with Crippen LogP contribution in [0.15, 0.2) is 79.0 Å². The minimum absolute atomic E-state index is 0. The van der Waals surface area contributed by atoms with Crippen molar-refractivity contribution >= 4 is 21.9 Å². The van der Waals surface area contributed by atoms with Crippen LogP contribution in [-0.2, 0) is 48.1 Å². The first-order chi connectivity index (χ1) is 23.5. The molecule has 0 saturated carbocycles. The van der Waals surface area contributed by atoms with Crippen LogP contribution in [0.25, 0.3) is 38.9 Å². The number of rotatable bonds is 4. The Kier molecular flexibility index (Phi) is 10.1. The van der Waals surface area contributed by atoms with Crippen molar-refractivity contribution in [2.24, 2.45) is 0 Å². The Morgan fingerprint density at radius 2 is 1.27 bits per heavy atom. The number of aromatic hydroxyl groups is 1. The van der Waals surface area contributed by atoms with Crippen LogP contribution < -0.4 is 0 Å². The van der Waals surface area contributed by atoms with Gasteiger partial charge in [0.2, 0.25) is 0 Å². The molecule has 0 aliphatic rings. The predicted molar refractivity (Wildman–Crippen MR) is 216 cm³/mol. The summed E-state index contributed by atoms with van der Waals surface area (Å²) in [6.07, 6.45) is 1.85. The van der Waals surface area contributed by atoms with Gasteiger partial charge in [0.05, 0.1) is 11.2 Å². The van der Waals surface area contributed by atoms with Crippen LogP contribution in [0.1, 0.15) is 130 Å². The predicted octanol–water partition coefficient (Wildman–Crippen LogP) is 12.3. The van der Waals surface area contributed by atoms with E-state index in [1.54, 1.807) is 0 Å². The summed E-state index contributed by atoms with van der Waals surface area (Å²) in [5.41, 5.74) is 10.0. The van der Waals surface area contributed by atoms with E-state index in [-0.39, 0.29) is 48.1 Å². The molecule has 0 saturated heterocycles. The van der Waals surface area contributed by atoms with Crippen molar-refractivity contribution in [3.8, 4) is 22.7 Å². The third kappa shape index (κ3) is 7.13. The van der Waals surface area contributed by atoms with E-state index in [9.17, 15) is 5.11 Å². The van der Waals surface area contributed by atoms with Gasteiger partial charge in [0.15, 0.2) is 0 Å². The number of pyridine rings is 2. The number of benzene rings is 3. The fourth-order valence-corrected chi connectivity index (χ4v) is 7.06. The summed E-state index contributed by atoms with van der Waals surface area (Å²) in [6, 6.07) is 29.8. The molecule has 276 valence electrons. The molecule has 6 aromatic rings. The molecular formula is C47H56N3OPt-. The zero-order valence-corrected chi connectivity index (χ0v) is 35.9. The molecule has 1 N–H and O–H groups in total. The van der Waals surface area contributed by atoms with Crippen LogP contribution in [-0.4, -0.2) is 19.6 Å². The molecule has 0 amide bonds. The zero-order chi connectivity index (χ0) is 37.5. The fourth-order valence-electron chi connectivity index (χ4n) is 7.06. The molecule has 0 radical (unpaired) electrons. The van der Waals surface area contributed by atoms with E-state index in [1.807, 2.05) is 18.3 Å². The second kappa shape index (κ2) is 13.3. The van der Waals surface area contributed by atoms with Gasteiger partial charge in [0.25, 0.3) is 0 Å². The number of fused-ring (bicyclic) bond motifs is 3. The van der Waals surface area contributed by atoms with Gasteiger partial charge in [0, 0.05) is 54.7 Å². The van der Waals surface area contributed by atoms with Crippen LogP contribution in [0.3, 0.4) is 0 Å². The Morgan fingerprint density at radius 3 is 1.85 bits per heavy atom. The van der Waals surface area contributed by atoms with Gasteiger partial charge in [-0.1, -0.05) is 127 Å². The smallest absolute Gasteiger partial charge is 0.143 e. The Bertz CT molecular complexity index is 2270. The molecular weight excluding hydrogens is 818 g/mol. The average Bonchev–Trinajstić information content (AvgIpc) is 3.35. The molecule has 3 aromatic carbocycles. The van der Waals surface area contributed by atoms with Gasteiger partial charge in [-0.2, -0.15) is 0 Å². The van der Waals surface area contributed by atoms with Crippen molar-refractivity contribution in [3.05, 3.63) is 119 Å². The van der Waals surface area contributed by atoms with Crippen molar-refractivity contribution in [2.45, 2.75) is 124 Å². The Balaban J connectivity index is 0.00000523. The van der Waals surface area contributed by atoms with Gasteiger partial charge in [0.1, 0.15) is 11.4 Å². The van der Waals surface area contributed by atoms with Crippen molar-refractivity contribution in [1.82, 2.24) is 14.5 Å². The third-order valence-corrected chi connectivity index (χ3v) is 10.4. The van der Waals surface area contributed by atoms with Crippen LogP contribution >= 0.6 is 0 Å². The maximum absolute atomic E-state index is 12.2.